The molecule has 2 aromatic heterocycles. The lowest BCUT2D eigenvalue weighted by molar-refractivity contribution is 0.390. The van der Waals surface area contributed by atoms with Crippen molar-refractivity contribution in [2.75, 3.05) is 0 Å². The molecule has 0 spiro atoms. The first-order valence-electron chi connectivity index (χ1n) is 6.69. The van der Waals surface area contributed by atoms with E-state index in [9.17, 15) is 0 Å². The number of nitrogens with one attached hydrogen (secondary N) is 1. The van der Waals surface area contributed by atoms with E-state index in [1.54, 1.807) is 0 Å². The first kappa shape index (κ1) is 12.3. The fourth-order valence-electron chi connectivity index (χ4n) is 2.98. The Morgan fingerprint density at radius 2 is 2.37 bits per heavy atom. The Balaban J connectivity index is 1.97. The van der Waals surface area contributed by atoms with Crippen LogP contribution in [0.5, 0.6) is 0 Å². The SMILES string of the molecule is Cn1ccc(C(NN)C2CCCc3cccnc32)n1. The van der Waals surface area contributed by atoms with Gasteiger partial charge in [0.2, 0.25) is 0 Å². The van der Waals surface area contributed by atoms with Crippen LogP contribution in [0.15, 0.2) is 30.6 Å². The van der Waals surface area contributed by atoms with Gasteiger partial charge in [0.15, 0.2) is 0 Å². The highest BCUT2D eigenvalue weighted by atomic mass is 15.3. The molecule has 5 heteroatoms. The number of pyridine rings is 1. The van der Waals surface area contributed by atoms with E-state index in [2.05, 4.69) is 21.6 Å². The minimum atomic E-state index is 0.0233. The molecule has 0 amide bonds. The van der Waals surface area contributed by atoms with Gasteiger partial charge in [0, 0.05) is 31.1 Å². The molecule has 1 aliphatic carbocycles. The Morgan fingerprint density at radius 3 is 3.11 bits per heavy atom. The standard InChI is InChI=1S/C14H19N5/c1-19-9-7-12(18-19)14(17-15)11-6-2-4-10-5-3-8-16-13(10)11/h3,5,7-9,11,14,17H,2,4,6,15H2,1H3. The summed E-state index contributed by atoms with van der Waals surface area (Å²) in [6.45, 7) is 0. The number of rotatable bonds is 3. The molecule has 19 heavy (non-hydrogen) atoms. The Kier molecular flexibility index (Phi) is 3.31. The van der Waals surface area contributed by atoms with E-state index in [4.69, 9.17) is 5.84 Å². The third-order valence-electron chi connectivity index (χ3n) is 3.87. The zero-order valence-electron chi connectivity index (χ0n) is 11.1. The maximum Gasteiger partial charge on any atom is 0.0814 e. The Morgan fingerprint density at radius 1 is 1.47 bits per heavy atom. The van der Waals surface area contributed by atoms with Crippen molar-refractivity contribution < 1.29 is 0 Å². The smallest absolute Gasteiger partial charge is 0.0814 e. The monoisotopic (exact) mass is 257 g/mol. The average molecular weight is 257 g/mol. The van der Waals surface area contributed by atoms with Gasteiger partial charge in [0.25, 0.3) is 0 Å². The van der Waals surface area contributed by atoms with Crippen LogP contribution in [-0.4, -0.2) is 14.8 Å². The minimum absolute atomic E-state index is 0.0233. The van der Waals surface area contributed by atoms with E-state index < -0.39 is 0 Å². The molecule has 2 atom stereocenters. The van der Waals surface area contributed by atoms with Crippen LogP contribution in [0, 0.1) is 0 Å². The molecule has 2 unspecified atom stereocenters. The van der Waals surface area contributed by atoms with Crippen LogP contribution in [0.2, 0.25) is 0 Å². The summed E-state index contributed by atoms with van der Waals surface area (Å²) in [6, 6.07) is 6.21. The van der Waals surface area contributed by atoms with Gasteiger partial charge in [-0.1, -0.05) is 6.07 Å². The van der Waals surface area contributed by atoms with Gasteiger partial charge >= 0.3 is 0 Å². The lowest BCUT2D eigenvalue weighted by atomic mass is 9.81. The van der Waals surface area contributed by atoms with E-state index in [-0.39, 0.29) is 6.04 Å². The number of hydrazine groups is 1. The molecular weight excluding hydrogens is 238 g/mol. The van der Waals surface area contributed by atoms with Crippen molar-refractivity contribution in [1.82, 2.24) is 20.2 Å². The molecule has 0 radical (unpaired) electrons. The van der Waals surface area contributed by atoms with E-state index >= 15 is 0 Å². The molecule has 3 rings (SSSR count). The molecule has 1 aliphatic rings. The first-order chi connectivity index (χ1) is 9.29. The molecule has 5 nitrogen and oxygen atoms in total. The van der Waals surface area contributed by atoms with Crippen LogP contribution >= 0.6 is 0 Å². The molecule has 0 saturated heterocycles. The summed E-state index contributed by atoms with van der Waals surface area (Å²) in [5.41, 5.74) is 6.42. The average Bonchev–Trinajstić information content (AvgIpc) is 2.86. The predicted octanol–water partition coefficient (Wildman–Crippen LogP) is 1.44. The predicted molar refractivity (Wildman–Crippen MR) is 73.2 cm³/mol. The maximum atomic E-state index is 5.77. The van der Waals surface area contributed by atoms with Crippen LogP contribution < -0.4 is 11.3 Å². The maximum absolute atomic E-state index is 5.77. The third kappa shape index (κ3) is 2.27. The minimum Gasteiger partial charge on any atom is -0.275 e. The van der Waals surface area contributed by atoms with E-state index in [1.807, 2.05) is 36.3 Å². The zero-order valence-corrected chi connectivity index (χ0v) is 11.1. The van der Waals surface area contributed by atoms with Crippen LogP contribution in [-0.2, 0) is 13.5 Å². The van der Waals surface area contributed by atoms with Crippen molar-refractivity contribution in [3.63, 3.8) is 0 Å². The summed E-state index contributed by atoms with van der Waals surface area (Å²) in [4.78, 5) is 4.57. The Bertz CT molecular complexity index is 562. The van der Waals surface area contributed by atoms with Gasteiger partial charge in [-0.15, -0.1) is 0 Å². The molecule has 0 bridgehead atoms. The van der Waals surface area contributed by atoms with Crippen LogP contribution in [0.3, 0.4) is 0 Å². The lowest BCUT2D eigenvalue weighted by Crippen LogP contribution is -2.34. The number of nitrogens with zero attached hydrogens (tertiary/aromatic N) is 3. The number of fused-ring (bicyclic) bond motifs is 1. The van der Waals surface area contributed by atoms with Crippen molar-refractivity contribution >= 4 is 0 Å². The van der Waals surface area contributed by atoms with Crippen molar-refractivity contribution in [3.8, 4) is 0 Å². The first-order valence-corrected chi connectivity index (χ1v) is 6.69. The zero-order chi connectivity index (χ0) is 13.2. The van der Waals surface area contributed by atoms with Crippen LogP contribution in [0.1, 0.15) is 41.8 Å². The highest BCUT2D eigenvalue weighted by Crippen LogP contribution is 2.38. The van der Waals surface area contributed by atoms with Gasteiger partial charge in [-0.05, 0) is 37.0 Å². The number of nitrogens with two attached hydrogens (primary N) is 1. The van der Waals surface area contributed by atoms with E-state index in [1.165, 1.54) is 17.7 Å². The van der Waals surface area contributed by atoms with Gasteiger partial charge < -0.3 is 0 Å². The number of aryl methyl sites for hydroxylation is 2. The van der Waals surface area contributed by atoms with Gasteiger partial charge in [0.05, 0.1) is 11.7 Å². The largest absolute Gasteiger partial charge is 0.275 e. The topological polar surface area (TPSA) is 68.8 Å². The Labute approximate surface area is 112 Å². The van der Waals surface area contributed by atoms with Crippen molar-refractivity contribution in [1.29, 1.82) is 0 Å². The highest BCUT2D eigenvalue weighted by molar-refractivity contribution is 5.29. The molecule has 0 fully saturated rings. The molecule has 2 aromatic rings. The normalized spacial score (nSPS) is 20.0. The molecule has 0 aromatic carbocycles. The van der Waals surface area contributed by atoms with Crippen LogP contribution in [0.4, 0.5) is 0 Å². The summed E-state index contributed by atoms with van der Waals surface area (Å²) >= 11 is 0. The summed E-state index contributed by atoms with van der Waals surface area (Å²) in [7, 11) is 1.92. The Hall–Kier alpha value is -1.72. The third-order valence-corrected chi connectivity index (χ3v) is 3.87. The van der Waals surface area contributed by atoms with E-state index in [0.29, 0.717) is 5.92 Å². The highest BCUT2D eigenvalue weighted by Gasteiger charge is 2.30. The number of aromatic nitrogens is 3. The van der Waals surface area contributed by atoms with Gasteiger partial charge in [-0.3, -0.25) is 20.9 Å². The number of hydrogen-bond donors (Lipinski definition) is 2. The fraction of sp³-hybridized carbons (Fsp3) is 0.429. The second-order valence-corrected chi connectivity index (χ2v) is 5.11. The van der Waals surface area contributed by atoms with E-state index in [0.717, 1.165) is 18.5 Å². The summed E-state index contributed by atoms with van der Waals surface area (Å²) in [5, 5.41) is 4.48. The molecule has 100 valence electrons. The summed E-state index contributed by atoms with van der Waals surface area (Å²) < 4.78 is 1.81. The van der Waals surface area contributed by atoms with Gasteiger partial charge in [-0.2, -0.15) is 5.10 Å². The molecule has 0 aliphatic heterocycles. The quantitative estimate of drug-likeness (QED) is 0.645. The van der Waals surface area contributed by atoms with Gasteiger partial charge in [0.1, 0.15) is 0 Å². The van der Waals surface area contributed by atoms with Crippen molar-refractivity contribution in [3.05, 3.63) is 47.5 Å². The summed E-state index contributed by atoms with van der Waals surface area (Å²) in [6.07, 6.45) is 7.19. The fourth-order valence-corrected chi connectivity index (χ4v) is 2.98. The molecule has 3 N–H and O–H groups in total. The lowest BCUT2D eigenvalue weighted by Gasteiger charge is -2.30. The van der Waals surface area contributed by atoms with Gasteiger partial charge in [-0.25, -0.2) is 0 Å². The number of hydrogen-bond acceptors (Lipinski definition) is 4. The summed E-state index contributed by atoms with van der Waals surface area (Å²) in [5.74, 6) is 6.07. The van der Waals surface area contributed by atoms with Crippen molar-refractivity contribution in [2.45, 2.75) is 31.2 Å². The molecule has 0 saturated carbocycles. The van der Waals surface area contributed by atoms with Crippen molar-refractivity contribution in [2.24, 2.45) is 12.9 Å². The molecular formula is C14H19N5. The second-order valence-electron chi connectivity index (χ2n) is 5.11. The van der Waals surface area contributed by atoms with Crippen LogP contribution in [0.25, 0.3) is 0 Å². The second kappa shape index (κ2) is 5.11. The molecule has 2 heterocycles.